The molecule has 1 aliphatic rings. The topological polar surface area (TPSA) is 44.5 Å². The van der Waals surface area contributed by atoms with Crippen LogP contribution in [0.25, 0.3) is 0 Å². The number of benzene rings is 1. The molecule has 0 atom stereocenters. The van der Waals surface area contributed by atoms with E-state index in [1.54, 1.807) is 14.2 Å². The summed E-state index contributed by atoms with van der Waals surface area (Å²) < 4.78 is 10.8. The van der Waals surface area contributed by atoms with Crippen molar-refractivity contribution in [3.05, 3.63) is 22.7 Å². The minimum Gasteiger partial charge on any atom is -0.496 e. The first-order valence-corrected chi connectivity index (χ1v) is 6.67. The van der Waals surface area contributed by atoms with Crippen LogP contribution in [-0.2, 0) is 5.41 Å². The van der Waals surface area contributed by atoms with Crippen LogP contribution in [-0.4, -0.2) is 20.8 Å². The maximum Gasteiger partial charge on any atom is 0.138 e. The van der Waals surface area contributed by atoms with Gasteiger partial charge in [0.25, 0.3) is 0 Å². The van der Waals surface area contributed by atoms with Crippen molar-refractivity contribution in [2.45, 2.75) is 31.1 Å². The molecule has 0 amide bonds. The van der Waals surface area contributed by atoms with Gasteiger partial charge in [-0.3, -0.25) is 0 Å². The van der Waals surface area contributed by atoms with E-state index in [-0.39, 0.29) is 5.41 Å². The molecule has 0 unspecified atom stereocenters. The van der Waals surface area contributed by atoms with Gasteiger partial charge in [-0.25, -0.2) is 0 Å². The Morgan fingerprint density at radius 3 is 2.28 bits per heavy atom. The highest BCUT2D eigenvalue weighted by Crippen LogP contribution is 2.46. The number of rotatable bonds is 4. The van der Waals surface area contributed by atoms with Crippen LogP contribution in [0.3, 0.4) is 0 Å². The fourth-order valence-corrected chi connectivity index (χ4v) is 3.14. The van der Waals surface area contributed by atoms with Crippen molar-refractivity contribution in [3.63, 3.8) is 0 Å². The summed E-state index contributed by atoms with van der Waals surface area (Å²) in [5.41, 5.74) is 7.17. The third-order valence-corrected chi connectivity index (χ3v) is 4.29. The van der Waals surface area contributed by atoms with Crippen molar-refractivity contribution in [3.8, 4) is 11.5 Å². The Kier molecular flexibility index (Phi) is 4.03. The van der Waals surface area contributed by atoms with Gasteiger partial charge in [0.1, 0.15) is 11.5 Å². The van der Waals surface area contributed by atoms with Gasteiger partial charge in [-0.15, -0.1) is 0 Å². The molecular weight excluding hydrogens is 250 g/mol. The zero-order chi connectivity index (χ0) is 13.2. The summed E-state index contributed by atoms with van der Waals surface area (Å²) in [5, 5.41) is 0.572. The van der Waals surface area contributed by atoms with Crippen molar-refractivity contribution in [2.75, 3.05) is 20.8 Å². The summed E-state index contributed by atoms with van der Waals surface area (Å²) in [6, 6.07) is 3.81. The fourth-order valence-electron chi connectivity index (χ4n) is 2.91. The first-order chi connectivity index (χ1) is 8.66. The Morgan fingerprint density at radius 1 is 1.17 bits per heavy atom. The van der Waals surface area contributed by atoms with E-state index in [1.165, 1.54) is 12.8 Å². The summed E-state index contributed by atoms with van der Waals surface area (Å²) in [7, 11) is 3.29. The number of hydrogen-bond acceptors (Lipinski definition) is 3. The maximum absolute atomic E-state index is 6.14. The van der Waals surface area contributed by atoms with Crippen molar-refractivity contribution in [1.82, 2.24) is 0 Å². The third-order valence-electron chi connectivity index (χ3n) is 4.00. The average Bonchev–Trinajstić information content (AvgIpc) is 2.88. The quantitative estimate of drug-likeness (QED) is 0.913. The van der Waals surface area contributed by atoms with E-state index in [1.807, 2.05) is 12.1 Å². The standard InChI is InChI=1S/C14H20ClNO2/c1-17-12-8-11(15)13(18-2)7-10(12)14(9-16)5-3-4-6-14/h7-8H,3-6,9,16H2,1-2H3. The van der Waals surface area contributed by atoms with E-state index in [4.69, 9.17) is 26.8 Å². The molecule has 100 valence electrons. The van der Waals surface area contributed by atoms with Crippen LogP contribution in [0, 0.1) is 0 Å². The molecule has 2 N–H and O–H groups in total. The lowest BCUT2D eigenvalue weighted by Crippen LogP contribution is -2.32. The Bertz CT molecular complexity index is 428. The molecule has 0 bridgehead atoms. The van der Waals surface area contributed by atoms with Crippen molar-refractivity contribution < 1.29 is 9.47 Å². The van der Waals surface area contributed by atoms with Gasteiger partial charge in [0.2, 0.25) is 0 Å². The second-order valence-electron chi connectivity index (χ2n) is 4.88. The normalized spacial score (nSPS) is 17.8. The molecule has 0 aromatic heterocycles. The first-order valence-electron chi connectivity index (χ1n) is 6.29. The van der Waals surface area contributed by atoms with E-state index in [9.17, 15) is 0 Å². The predicted molar refractivity (Wildman–Crippen MR) is 73.8 cm³/mol. The van der Waals surface area contributed by atoms with Gasteiger partial charge in [0.05, 0.1) is 19.2 Å². The molecule has 1 aromatic carbocycles. The molecule has 1 aromatic rings. The third kappa shape index (κ3) is 2.17. The molecule has 0 aliphatic heterocycles. The highest BCUT2D eigenvalue weighted by Gasteiger charge is 2.37. The number of hydrogen-bond donors (Lipinski definition) is 1. The first kappa shape index (κ1) is 13.5. The Labute approximate surface area is 113 Å². The molecule has 4 heteroatoms. The highest BCUT2D eigenvalue weighted by molar-refractivity contribution is 6.32. The molecule has 2 rings (SSSR count). The van der Waals surface area contributed by atoms with Gasteiger partial charge in [0, 0.05) is 23.6 Å². The summed E-state index contributed by atoms with van der Waals surface area (Å²) in [6.07, 6.45) is 4.63. The Hall–Kier alpha value is -0.930. The van der Waals surface area contributed by atoms with E-state index < -0.39 is 0 Å². The van der Waals surface area contributed by atoms with Crippen molar-refractivity contribution >= 4 is 11.6 Å². The number of nitrogens with two attached hydrogens (primary N) is 1. The van der Waals surface area contributed by atoms with Gasteiger partial charge in [-0.1, -0.05) is 24.4 Å². The number of ether oxygens (including phenoxy) is 2. The van der Waals surface area contributed by atoms with Crippen LogP contribution in [0.2, 0.25) is 5.02 Å². The van der Waals surface area contributed by atoms with Gasteiger partial charge in [0.15, 0.2) is 0 Å². The van der Waals surface area contributed by atoms with Crippen LogP contribution in [0.4, 0.5) is 0 Å². The fraction of sp³-hybridized carbons (Fsp3) is 0.571. The summed E-state index contributed by atoms with van der Waals surface area (Å²) >= 11 is 6.14. The maximum atomic E-state index is 6.14. The van der Waals surface area contributed by atoms with E-state index in [0.717, 1.165) is 24.2 Å². The smallest absolute Gasteiger partial charge is 0.138 e. The molecule has 3 nitrogen and oxygen atoms in total. The van der Waals surface area contributed by atoms with Crippen molar-refractivity contribution in [1.29, 1.82) is 0 Å². The minimum atomic E-state index is 0.0171. The zero-order valence-corrected chi connectivity index (χ0v) is 11.7. The van der Waals surface area contributed by atoms with Gasteiger partial charge in [-0.05, 0) is 18.9 Å². The Balaban J connectivity index is 2.53. The van der Waals surface area contributed by atoms with E-state index >= 15 is 0 Å². The lowest BCUT2D eigenvalue weighted by atomic mass is 9.78. The second-order valence-corrected chi connectivity index (χ2v) is 5.29. The van der Waals surface area contributed by atoms with Crippen LogP contribution in [0.5, 0.6) is 11.5 Å². The summed E-state index contributed by atoms with van der Waals surface area (Å²) in [4.78, 5) is 0. The minimum absolute atomic E-state index is 0.0171. The SMILES string of the molecule is COc1cc(C2(CN)CCCC2)c(OC)cc1Cl. The van der Waals surface area contributed by atoms with Crippen LogP contribution >= 0.6 is 11.6 Å². The van der Waals surface area contributed by atoms with E-state index in [0.29, 0.717) is 17.3 Å². The molecule has 18 heavy (non-hydrogen) atoms. The van der Waals surface area contributed by atoms with Gasteiger partial charge in [-0.2, -0.15) is 0 Å². The molecular formula is C14H20ClNO2. The lowest BCUT2D eigenvalue weighted by Gasteiger charge is -2.30. The lowest BCUT2D eigenvalue weighted by molar-refractivity contribution is 0.370. The molecule has 1 fully saturated rings. The summed E-state index contributed by atoms with van der Waals surface area (Å²) in [6.45, 7) is 0.633. The van der Waals surface area contributed by atoms with Crippen LogP contribution < -0.4 is 15.2 Å². The molecule has 0 spiro atoms. The zero-order valence-electron chi connectivity index (χ0n) is 11.0. The molecule has 0 radical (unpaired) electrons. The van der Waals surface area contributed by atoms with Crippen LogP contribution in [0.1, 0.15) is 31.2 Å². The molecule has 1 saturated carbocycles. The molecule has 0 heterocycles. The predicted octanol–water partition coefficient (Wildman–Crippen LogP) is 3.13. The van der Waals surface area contributed by atoms with Crippen LogP contribution in [0.15, 0.2) is 12.1 Å². The summed E-state index contributed by atoms with van der Waals surface area (Å²) in [5.74, 6) is 1.50. The molecule has 0 saturated heterocycles. The van der Waals surface area contributed by atoms with E-state index in [2.05, 4.69) is 0 Å². The Morgan fingerprint density at radius 2 is 1.78 bits per heavy atom. The molecule has 1 aliphatic carbocycles. The van der Waals surface area contributed by atoms with Gasteiger partial charge < -0.3 is 15.2 Å². The largest absolute Gasteiger partial charge is 0.496 e. The monoisotopic (exact) mass is 269 g/mol. The highest BCUT2D eigenvalue weighted by atomic mass is 35.5. The number of halogens is 1. The average molecular weight is 270 g/mol. The second kappa shape index (κ2) is 5.37. The number of methoxy groups -OCH3 is 2. The van der Waals surface area contributed by atoms with Crippen molar-refractivity contribution in [2.24, 2.45) is 5.73 Å². The van der Waals surface area contributed by atoms with Gasteiger partial charge >= 0.3 is 0 Å².